The van der Waals surface area contributed by atoms with E-state index >= 15 is 0 Å². The Morgan fingerprint density at radius 1 is 0.912 bits per heavy atom. The van der Waals surface area contributed by atoms with Gasteiger partial charge in [0.05, 0.1) is 17.9 Å². The molecule has 0 atom stereocenters. The fraction of sp³-hybridized carbons (Fsp3) is 0.200. The monoisotopic (exact) mass is 482 g/mol. The van der Waals surface area contributed by atoms with Crippen molar-refractivity contribution in [3.8, 4) is 5.75 Å². The van der Waals surface area contributed by atoms with Crippen LogP contribution in [0.5, 0.6) is 5.75 Å². The molecule has 0 unspecified atom stereocenters. The van der Waals surface area contributed by atoms with Gasteiger partial charge in [0.25, 0.3) is 15.9 Å². The van der Waals surface area contributed by atoms with Crippen LogP contribution in [0.25, 0.3) is 0 Å². The molecule has 1 amide bonds. The third kappa shape index (κ3) is 7.35. The van der Waals surface area contributed by atoms with Gasteiger partial charge >= 0.3 is 5.97 Å². The molecule has 3 aromatic carbocycles. The molecular formula is C25H26N2O6S. The molecule has 8 nitrogen and oxygen atoms in total. The van der Waals surface area contributed by atoms with Crippen molar-refractivity contribution in [2.24, 2.45) is 0 Å². The minimum atomic E-state index is -3.92. The molecule has 0 aliphatic heterocycles. The van der Waals surface area contributed by atoms with Crippen LogP contribution in [0.4, 0.5) is 5.69 Å². The Morgan fingerprint density at radius 2 is 1.65 bits per heavy atom. The molecule has 0 aliphatic rings. The number of ether oxygens (including phenoxy) is 2. The number of benzene rings is 3. The van der Waals surface area contributed by atoms with Crippen LogP contribution in [0, 0.1) is 0 Å². The van der Waals surface area contributed by atoms with Gasteiger partial charge in [-0.2, -0.15) is 0 Å². The normalized spacial score (nSPS) is 10.9. The summed E-state index contributed by atoms with van der Waals surface area (Å²) in [5.41, 5.74) is 1.55. The van der Waals surface area contributed by atoms with Crippen LogP contribution in [0.1, 0.15) is 29.3 Å². The zero-order valence-corrected chi connectivity index (χ0v) is 19.5. The SMILES string of the molecule is CCOC(=O)CCNC(=O)c1cccc(S(=O)(=O)Nc2ccc(OCc3ccccc3)cc2)c1. The molecule has 0 saturated carbocycles. The van der Waals surface area contributed by atoms with Gasteiger partial charge in [-0.3, -0.25) is 14.3 Å². The second-order valence-electron chi connectivity index (χ2n) is 7.24. The molecule has 2 N–H and O–H groups in total. The van der Waals surface area contributed by atoms with Gasteiger partial charge in [-0.05, 0) is 55.0 Å². The molecule has 3 aromatic rings. The van der Waals surface area contributed by atoms with Gasteiger partial charge in [0, 0.05) is 17.8 Å². The van der Waals surface area contributed by atoms with E-state index in [1.807, 2.05) is 30.3 Å². The Hall–Kier alpha value is -3.85. The highest BCUT2D eigenvalue weighted by Gasteiger charge is 2.17. The number of hydrogen-bond donors (Lipinski definition) is 2. The van der Waals surface area contributed by atoms with Gasteiger partial charge in [-0.15, -0.1) is 0 Å². The molecule has 3 rings (SSSR count). The lowest BCUT2D eigenvalue weighted by Gasteiger charge is -2.11. The summed E-state index contributed by atoms with van der Waals surface area (Å²) in [5.74, 6) is -0.297. The highest BCUT2D eigenvalue weighted by Crippen LogP contribution is 2.21. The van der Waals surface area contributed by atoms with E-state index in [0.29, 0.717) is 18.0 Å². The highest BCUT2D eigenvalue weighted by molar-refractivity contribution is 7.92. The van der Waals surface area contributed by atoms with Crippen LogP contribution in [-0.4, -0.2) is 33.4 Å². The molecule has 0 spiro atoms. The minimum Gasteiger partial charge on any atom is -0.489 e. The predicted octanol–water partition coefficient (Wildman–Crippen LogP) is 3.75. The molecule has 0 saturated heterocycles. The van der Waals surface area contributed by atoms with E-state index < -0.39 is 21.9 Å². The maximum Gasteiger partial charge on any atom is 0.307 e. The Morgan fingerprint density at radius 3 is 2.35 bits per heavy atom. The van der Waals surface area contributed by atoms with E-state index in [1.54, 1.807) is 31.2 Å². The van der Waals surface area contributed by atoms with Crippen molar-refractivity contribution < 1.29 is 27.5 Å². The number of carbonyl (C=O) groups excluding carboxylic acids is 2. The highest BCUT2D eigenvalue weighted by atomic mass is 32.2. The zero-order chi connectivity index (χ0) is 24.4. The van der Waals surface area contributed by atoms with Gasteiger partial charge in [0.2, 0.25) is 0 Å². The minimum absolute atomic E-state index is 0.0319. The van der Waals surface area contributed by atoms with E-state index in [4.69, 9.17) is 9.47 Å². The van der Waals surface area contributed by atoms with E-state index in [9.17, 15) is 18.0 Å². The van der Waals surface area contributed by atoms with Crippen molar-refractivity contribution in [1.29, 1.82) is 0 Å². The molecular weight excluding hydrogens is 456 g/mol. The largest absolute Gasteiger partial charge is 0.489 e. The fourth-order valence-electron chi connectivity index (χ4n) is 2.99. The second kappa shape index (κ2) is 11.9. The van der Waals surface area contributed by atoms with Crippen molar-refractivity contribution in [2.75, 3.05) is 17.9 Å². The van der Waals surface area contributed by atoms with E-state index in [0.717, 1.165) is 5.56 Å². The first-order chi connectivity index (χ1) is 16.4. The molecule has 0 aromatic heterocycles. The van der Waals surface area contributed by atoms with Gasteiger partial charge < -0.3 is 14.8 Å². The van der Waals surface area contributed by atoms with Crippen LogP contribution < -0.4 is 14.8 Å². The fourth-order valence-corrected chi connectivity index (χ4v) is 4.10. The zero-order valence-electron chi connectivity index (χ0n) is 18.7. The number of anilines is 1. The summed E-state index contributed by atoms with van der Waals surface area (Å²) in [5, 5.41) is 2.58. The lowest BCUT2D eigenvalue weighted by atomic mass is 10.2. The first-order valence-electron chi connectivity index (χ1n) is 10.7. The van der Waals surface area contributed by atoms with Crippen molar-refractivity contribution in [1.82, 2.24) is 5.32 Å². The molecule has 0 radical (unpaired) electrons. The van der Waals surface area contributed by atoms with Crippen molar-refractivity contribution in [2.45, 2.75) is 24.8 Å². The van der Waals surface area contributed by atoms with Crippen LogP contribution in [0.2, 0.25) is 0 Å². The Labute approximate surface area is 199 Å². The molecule has 0 heterocycles. The Kier molecular flexibility index (Phi) is 8.64. The first kappa shape index (κ1) is 24.8. The predicted molar refractivity (Wildman–Crippen MR) is 128 cm³/mol. The van der Waals surface area contributed by atoms with E-state index in [-0.39, 0.29) is 30.0 Å². The third-order valence-corrected chi connectivity index (χ3v) is 6.06. The molecule has 9 heteroatoms. The Balaban J connectivity index is 1.59. The Bertz CT molecular complexity index is 1210. The van der Waals surface area contributed by atoms with Gasteiger partial charge in [0.15, 0.2) is 0 Å². The van der Waals surface area contributed by atoms with Crippen LogP contribution in [-0.2, 0) is 26.2 Å². The average Bonchev–Trinajstić information content (AvgIpc) is 2.84. The lowest BCUT2D eigenvalue weighted by Crippen LogP contribution is -2.26. The summed E-state index contributed by atoms with van der Waals surface area (Å²) < 4.78 is 38.6. The van der Waals surface area contributed by atoms with Crippen molar-refractivity contribution in [3.05, 3.63) is 90.0 Å². The molecule has 34 heavy (non-hydrogen) atoms. The molecule has 0 aliphatic carbocycles. The maximum atomic E-state index is 12.8. The third-order valence-electron chi connectivity index (χ3n) is 4.68. The first-order valence-corrected chi connectivity index (χ1v) is 12.2. The van der Waals surface area contributed by atoms with E-state index in [2.05, 4.69) is 10.0 Å². The van der Waals surface area contributed by atoms with Gasteiger partial charge in [-0.25, -0.2) is 8.42 Å². The topological polar surface area (TPSA) is 111 Å². The standard InChI is InChI=1S/C25H26N2O6S/c1-2-32-24(28)15-16-26-25(29)20-9-6-10-23(17-20)34(30,31)27-21-11-13-22(14-12-21)33-18-19-7-4-3-5-8-19/h3-14,17,27H,2,15-16,18H2,1H3,(H,26,29). The second-order valence-corrected chi connectivity index (χ2v) is 8.93. The van der Waals surface area contributed by atoms with Crippen LogP contribution in [0.15, 0.2) is 83.8 Å². The summed E-state index contributed by atoms with van der Waals surface area (Å²) in [6, 6.07) is 21.9. The maximum absolute atomic E-state index is 12.8. The average molecular weight is 483 g/mol. The summed E-state index contributed by atoms with van der Waals surface area (Å²) in [6.07, 6.45) is 0.0319. The summed E-state index contributed by atoms with van der Waals surface area (Å²) >= 11 is 0. The summed E-state index contributed by atoms with van der Waals surface area (Å²) in [7, 11) is -3.92. The molecule has 178 valence electrons. The number of carbonyl (C=O) groups is 2. The number of esters is 1. The number of nitrogens with one attached hydrogen (secondary N) is 2. The van der Waals surface area contributed by atoms with Gasteiger partial charge in [0.1, 0.15) is 12.4 Å². The lowest BCUT2D eigenvalue weighted by molar-refractivity contribution is -0.142. The number of hydrogen-bond acceptors (Lipinski definition) is 6. The molecule has 0 bridgehead atoms. The quantitative estimate of drug-likeness (QED) is 0.403. The summed E-state index contributed by atoms with van der Waals surface area (Å²) in [4.78, 5) is 23.6. The van der Waals surface area contributed by atoms with Crippen molar-refractivity contribution >= 4 is 27.6 Å². The summed E-state index contributed by atoms with van der Waals surface area (Å²) in [6.45, 7) is 2.46. The molecule has 0 fully saturated rings. The number of sulfonamides is 1. The number of rotatable bonds is 11. The van der Waals surface area contributed by atoms with Crippen LogP contribution in [0.3, 0.4) is 0 Å². The smallest absolute Gasteiger partial charge is 0.307 e. The van der Waals surface area contributed by atoms with Gasteiger partial charge in [-0.1, -0.05) is 36.4 Å². The van der Waals surface area contributed by atoms with E-state index in [1.165, 1.54) is 24.3 Å². The number of amides is 1. The van der Waals surface area contributed by atoms with Crippen LogP contribution >= 0.6 is 0 Å². The van der Waals surface area contributed by atoms with Crippen molar-refractivity contribution in [3.63, 3.8) is 0 Å².